The maximum Gasteiger partial charge on any atom is 0.338 e. The van der Waals surface area contributed by atoms with Crippen molar-refractivity contribution in [2.75, 3.05) is 13.7 Å². The number of hydrogen-bond donors (Lipinski definition) is 1. The Balaban J connectivity index is 1.95. The molecule has 0 bridgehead atoms. The van der Waals surface area contributed by atoms with Crippen LogP contribution in [0.5, 0.6) is 11.5 Å². The Morgan fingerprint density at radius 2 is 2.03 bits per heavy atom. The van der Waals surface area contributed by atoms with Crippen LogP contribution in [0.3, 0.4) is 0 Å². The molecular weight excluding hydrogens is 544 g/mol. The molecule has 10 heteroatoms. The topological polar surface area (TPSA) is 90.1 Å². The van der Waals surface area contributed by atoms with Gasteiger partial charge in [-0.15, -0.1) is 0 Å². The molecule has 0 amide bonds. The zero-order valence-electron chi connectivity index (χ0n) is 18.5. The van der Waals surface area contributed by atoms with Crippen LogP contribution in [0.15, 0.2) is 61.9 Å². The fourth-order valence-electron chi connectivity index (χ4n) is 3.74. The Morgan fingerprint density at radius 1 is 1.32 bits per heavy atom. The van der Waals surface area contributed by atoms with E-state index in [1.54, 1.807) is 56.3 Å². The number of ether oxygens (including phenoxy) is 2. The van der Waals surface area contributed by atoms with Crippen molar-refractivity contribution in [1.82, 2.24) is 4.57 Å². The van der Waals surface area contributed by atoms with E-state index < -0.39 is 12.0 Å². The van der Waals surface area contributed by atoms with E-state index in [9.17, 15) is 14.7 Å². The molecule has 0 fully saturated rings. The number of rotatable bonds is 5. The van der Waals surface area contributed by atoms with Crippen molar-refractivity contribution in [3.63, 3.8) is 0 Å². The zero-order valence-corrected chi connectivity index (χ0v) is 21.6. The zero-order chi connectivity index (χ0) is 24.6. The summed E-state index contributed by atoms with van der Waals surface area (Å²) in [5.74, 6) is -0.281. The molecule has 0 aliphatic carbocycles. The van der Waals surface area contributed by atoms with Gasteiger partial charge in [0.05, 0.1) is 40.0 Å². The van der Waals surface area contributed by atoms with Crippen molar-refractivity contribution < 1.29 is 19.4 Å². The molecule has 0 saturated carbocycles. The number of aromatic hydroxyl groups is 1. The smallest absolute Gasteiger partial charge is 0.338 e. The van der Waals surface area contributed by atoms with E-state index in [4.69, 9.17) is 21.1 Å². The van der Waals surface area contributed by atoms with E-state index >= 15 is 0 Å². The van der Waals surface area contributed by atoms with Gasteiger partial charge >= 0.3 is 5.97 Å². The Bertz CT molecular complexity index is 1490. The minimum absolute atomic E-state index is 0.0291. The Hall–Kier alpha value is -2.88. The van der Waals surface area contributed by atoms with Crippen molar-refractivity contribution in [1.29, 1.82) is 0 Å². The third kappa shape index (κ3) is 4.43. The molecule has 1 aliphatic rings. The number of fused-ring (bicyclic) bond motifs is 1. The average molecular weight is 564 g/mol. The Labute approximate surface area is 212 Å². The highest BCUT2D eigenvalue weighted by Crippen LogP contribution is 2.35. The fraction of sp³-hybridized carbons (Fsp3) is 0.208. The van der Waals surface area contributed by atoms with Crippen molar-refractivity contribution >= 4 is 50.9 Å². The number of phenolic OH excluding ortho intramolecular Hbond substituents is 1. The number of carbonyl (C=O) groups excluding carboxylic acids is 1. The van der Waals surface area contributed by atoms with Crippen molar-refractivity contribution in [2.45, 2.75) is 19.9 Å². The highest BCUT2D eigenvalue weighted by atomic mass is 79.9. The first-order valence-corrected chi connectivity index (χ1v) is 12.3. The summed E-state index contributed by atoms with van der Waals surface area (Å²) < 4.78 is 12.9. The molecular formula is C24H20BrClN2O5S. The van der Waals surface area contributed by atoms with Gasteiger partial charge in [-0.2, -0.15) is 0 Å². The number of esters is 1. The summed E-state index contributed by atoms with van der Waals surface area (Å²) in [5, 5.41) is 10.6. The summed E-state index contributed by atoms with van der Waals surface area (Å²) in [6, 6.07) is 9.59. The van der Waals surface area contributed by atoms with Crippen LogP contribution in [0, 0.1) is 0 Å². The van der Waals surface area contributed by atoms with Crippen LogP contribution in [-0.2, 0) is 9.53 Å². The van der Waals surface area contributed by atoms with E-state index in [0.29, 0.717) is 41.2 Å². The standard InChI is InChI=1S/C24H20BrClN2O5S/c1-4-33-23(31)19-12(2)27-24-28(20(19)14-5-7-15(26)8-6-14)22(30)18(34-24)11-13-9-16(25)21(29)17(10-13)32-3/h5-11,20,29H,4H2,1-3H3/b18-11+. The van der Waals surface area contributed by atoms with Crippen LogP contribution >= 0.6 is 38.9 Å². The van der Waals surface area contributed by atoms with Crippen molar-refractivity contribution in [2.24, 2.45) is 4.99 Å². The molecule has 1 unspecified atom stereocenters. The molecule has 2 aromatic carbocycles. The van der Waals surface area contributed by atoms with Crippen LogP contribution in [0.25, 0.3) is 6.08 Å². The quantitative estimate of drug-likeness (QED) is 0.475. The molecule has 0 saturated heterocycles. The van der Waals surface area contributed by atoms with Gasteiger partial charge in [0.25, 0.3) is 5.56 Å². The summed E-state index contributed by atoms with van der Waals surface area (Å²) in [7, 11) is 1.45. The molecule has 0 spiro atoms. The lowest BCUT2D eigenvalue weighted by Gasteiger charge is -2.24. The highest BCUT2D eigenvalue weighted by molar-refractivity contribution is 9.10. The molecule has 1 aromatic heterocycles. The van der Waals surface area contributed by atoms with Gasteiger partial charge in [0.2, 0.25) is 0 Å². The van der Waals surface area contributed by atoms with Gasteiger partial charge in [-0.1, -0.05) is 35.1 Å². The van der Waals surface area contributed by atoms with Gasteiger partial charge in [-0.05, 0) is 71.2 Å². The summed E-state index contributed by atoms with van der Waals surface area (Å²) in [5.41, 5.74) is 1.85. The second-order valence-corrected chi connectivity index (χ2v) is 9.71. The molecule has 176 valence electrons. The molecule has 3 aromatic rings. The number of nitrogens with zero attached hydrogens (tertiary/aromatic N) is 2. The first-order chi connectivity index (χ1) is 16.2. The molecule has 4 rings (SSSR count). The van der Waals surface area contributed by atoms with Gasteiger partial charge in [0.15, 0.2) is 16.3 Å². The summed E-state index contributed by atoms with van der Waals surface area (Å²) in [4.78, 5) is 31.5. The predicted octanol–water partition coefficient (Wildman–Crippen LogP) is 3.93. The number of thiazole rings is 1. The van der Waals surface area contributed by atoms with Gasteiger partial charge in [0.1, 0.15) is 0 Å². The summed E-state index contributed by atoms with van der Waals surface area (Å²) >= 11 is 10.6. The second kappa shape index (κ2) is 9.77. The fourth-order valence-corrected chi connectivity index (χ4v) is 5.37. The van der Waals surface area contributed by atoms with E-state index in [1.165, 1.54) is 23.0 Å². The molecule has 1 atom stereocenters. The lowest BCUT2D eigenvalue weighted by atomic mass is 9.96. The number of halogens is 2. The first kappa shape index (κ1) is 24.3. The van der Waals surface area contributed by atoms with Crippen molar-refractivity contribution in [3.05, 3.63) is 88.0 Å². The summed E-state index contributed by atoms with van der Waals surface area (Å²) in [6.45, 7) is 3.66. The van der Waals surface area contributed by atoms with E-state index in [2.05, 4.69) is 20.9 Å². The number of benzene rings is 2. The molecule has 34 heavy (non-hydrogen) atoms. The number of methoxy groups -OCH3 is 1. The molecule has 0 radical (unpaired) electrons. The van der Waals surface area contributed by atoms with Crippen LogP contribution in [0.1, 0.15) is 31.0 Å². The summed E-state index contributed by atoms with van der Waals surface area (Å²) in [6.07, 6.45) is 1.69. The van der Waals surface area contributed by atoms with Gasteiger partial charge in [0, 0.05) is 5.02 Å². The Kier molecular flexibility index (Phi) is 6.97. The number of hydrogen-bond acceptors (Lipinski definition) is 7. The van der Waals surface area contributed by atoms with Crippen LogP contribution in [0.2, 0.25) is 5.02 Å². The van der Waals surface area contributed by atoms with Gasteiger partial charge in [-0.25, -0.2) is 9.79 Å². The minimum Gasteiger partial charge on any atom is -0.503 e. The third-order valence-corrected chi connectivity index (χ3v) is 7.11. The minimum atomic E-state index is -0.712. The van der Waals surface area contributed by atoms with E-state index in [0.717, 1.165) is 0 Å². The lowest BCUT2D eigenvalue weighted by Crippen LogP contribution is -2.39. The average Bonchev–Trinajstić information content (AvgIpc) is 3.10. The van der Waals surface area contributed by atoms with Gasteiger partial charge in [-0.3, -0.25) is 9.36 Å². The van der Waals surface area contributed by atoms with E-state index in [-0.39, 0.29) is 23.7 Å². The van der Waals surface area contributed by atoms with Crippen molar-refractivity contribution in [3.8, 4) is 11.5 Å². The highest BCUT2D eigenvalue weighted by Gasteiger charge is 2.33. The number of aromatic nitrogens is 1. The van der Waals surface area contributed by atoms with E-state index in [1.807, 2.05) is 0 Å². The molecule has 1 N–H and O–H groups in total. The molecule has 1 aliphatic heterocycles. The SMILES string of the molecule is CCOC(=O)C1=C(C)N=c2s/c(=C/c3cc(Br)c(O)c(OC)c3)c(=O)n2C1c1ccc(Cl)cc1. The largest absolute Gasteiger partial charge is 0.503 e. The molecule has 7 nitrogen and oxygen atoms in total. The normalized spacial score (nSPS) is 15.7. The number of allylic oxidation sites excluding steroid dienone is 1. The first-order valence-electron chi connectivity index (χ1n) is 10.3. The maximum atomic E-state index is 13.6. The van der Waals surface area contributed by atoms with Gasteiger partial charge < -0.3 is 14.6 Å². The van der Waals surface area contributed by atoms with Crippen LogP contribution in [-0.4, -0.2) is 29.4 Å². The number of carbonyl (C=O) groups is 1. The second-order valence-electron chi connectivity index (χ2n) is 7.41. The lowest BCUT2D eigenvalue weighted by molar-refractivity contribution is -0.139. The van der Waals surface area contributed by atoms with Crippen LogP contribution < -0.4 is 19.6 Å². The Morgan fingerprint density at radius 3 is 2.68 bits per heavy atom. The number of phenols is 1. The molecule has 2 heterocycles. The van der Waals surface area contributed by atoms with Crippen LogP contribution in [0.4, 0.5) is 0 Å². The third-order valence-electron chi connectivity index (χ3n) is 5.27. The monoisotopic (exact) mass is 562 g/mol. The maximum absolute atomic E-state index is 13.6. The predicted molar refractivity (Wildman–Crippen MR) is 134 cm³/mol.